The molecule has 1 saturated heterocycles. The predicted octanol–water partition coefficient (Wildman–Crippen LogP) is 2.88. The molecule has 0 aromatic rings. The molecule has 3 heteroatoms. The summed E-state index contributed by atoms with van der Waals surface area (Å²) in [6.07, 6.45) is 5.67. The monoisotopic (exact) mass is 227 g/mol. The van der Waals surface area contributed by atoms with Crippen LogP contribution in [0.2, 0.25) is 0 Å². The number of allylic oxidation sites excluding steroid dienone is 3. The molecule has 0 bridgehead atoms. The summed E-state index contributed by atoms with van der Waals surface area (Å²) >= 11 is 1.99. The third kappa shape index (κ3) is 4.76. The van der Waals surface area contributed by atoms with E-state index in [2.05, 4.69) is 25.2 Å². The fraction of sp³-hybridized carbons (Fsp3) is 0.667. The second-order valence-corrected chi connectivity index (χ2v) is 5.19. The van der Waals surface area contributed by atoms with Crippen molar-refractivity contribution < 1.29 is 5.11 Å². The van der Waals surface area contributed by atoms with Crippen LogP contribution in [0, 0.1) is 0 Å². The standard InChI is InChI=1S/C12H21NOS/c1-3-4-11(14)6-5-10(2)12-9-13-7-8-15-12/h5-6,12-14H,3-4,7-9H2,1-2H3/b10-5+,11-6+. The zero-order valence-electron chi connectivity index (χ0n) is 9.62. The molecule has 0 amide bonds. The molecule has 0 aromatic heterocycles. The van der Waals surface area contributed by atoms with Crippen molar-refractivity contribution >= 4 is 11.8 Å². The van der Waals surface area contributed by atoms with Crippen LogP contribution in [0.4, 0.5) is 0 Å². The number of hydrogen-bond acceptors (Lipinski definition) is 3. The lowest BCUT2D eigenvalue weighted by atomic mass is 10.1. The van der Waals surface area contributed by atoms with Gasteiger partial charge in [0.25, 0.3) is 0 Å². The molecular formula is C12H21NOS. The topological polar surface area (TPSA) is 32.3 Å². The molecule has 0 spiro atoms. The van der Waals surface area contributed by atoms with Gasteiger partial charge in [0.2, 0.25) is 0 Å². The summed E-state index contributed by atoms with van der Waals surface area (Å²) in [7, 11) is 0. The van der Waals surface area contributed by atoms with Gasteiger partial charge in [-0.3, -0.25) is 0 Å². The Kier molecular flexibility index (Phi) is 5.88. The second kappa shape index (κ2) is 6.96. The van der Waals surface area contributed by atoms with Gasteiger partial charge in [-0.25, -0.2) is 0 Å². The Morgan fingerprint density at radius 1 is 1.53 bits per heavy atom. The lowest BCUT2D eigenvalue weighted by molar-refractivity contribution is 0.387. The van der Waals surface area contributed by atoms with Gasteiger partial charge < -0.3 is 10.4 Å². The van der Waals surface area contributed by atoms with Crippen LogP contribution in [0.15, 0.2) is 23.5 Å². The fourth-order valence-electron chi connectivity index (χ4n) is 1.53. The highest BCUT2D eigenvalue weighted by Crippen LogP contribution is 2.21. The highest BCUT2D eigenvalue weighted by Gasteiger charge is 2.14. The largest absolute Gasteiger partial charge is 0.512 e. The van der Waals surface area contributed by atoms with Crippen LogP contribution in [0.5, 0.6) is 0 Å². The molecule has 1 fully saturated rings. The van der Waals surface area contributed by atoms with Crippen LogP contribution in [-0.2, 0) is 0 Å². The minimum absolute atomic E-state index is 0.491. The van der Waals surface area contributed by atoms with E-state index >= 15 is 0 Å². The van der Waals surface area contributed by atoms with E-state index in [1.807, 2.05) is 17.8 Å². The van der Waals surface area contributed by atoms with Gasteiger partial charge in [0.1, 0.15) is 0 Å². The molecule has 1 unspecified atom stereocenters. The number of hydrogen-bond donors (Lipinski definition) is 2. The van der Waals surface area contributed by atoms with Crippen molar-refractivity contribution in [3.63, 3.8) is 0 Å². The van der Waals surface area contributed by atoms with Crippen molar-refractivity contribution in [3.05, 3.63) is 23.5 Å². The first-order valence-corrected chi connectivity index (χ1v) is 6.67. The van der Waals surface area contributed by atoms with Crippen molar-refractivity contribution in [2.24, 2.45) is 0 Å². The van der Waals surface area contributed by atoms with Crippen molar-refractivity contribution in [1.82, 2.24) is 5.32 Å². The molecule has 1 aliphatic rings. The van der Waals surface area contributed by atoms with Crippen molar-refractivity contribution in [2.75, 3.05) is 18.8 Å². The Balaban J connectivity index is 2.46. The van der Waals surface area contributed by atoms with Crippen molar-refractivity contribution in [1.29, 1.82) is 0 Å². The van der Waals surface area contributed by atoms with E-state index in [4.69, 9.17) is 0 Å². The molecule has 2 N–H and O–H groups in total. The van der Waals surface area contributed by atoms with Crippen LogP contribution >= 0.6 is 11.8 Å². The van der Waals surface area contributed by atoms with Crippen molar-refractivity contribution in [2.45, 2.75) is 31.9 Å². The SMILES string of the molecule is CCC/C(O)=C\C=C(/C)C1CNCCS1. The molecule has 1 aliphatic heterocycles. The highest BCUT2D eigenvalue weighted by atomic mass is 32.2. The summed E-state index contributed by atoms with van der Waals surface area (Å²) in [6.45, 7) is 6.38. The van der Waals surface area contributed by atoms with E-state index in [0.29, 0.717) is 11.0 Å². The summed E-state index contributed by atoms with van der Waals surface area (Å²) in [4.78, 5) is 0. The van der Waals surface area contributed by atoms with Crippen LogP contribution in [0.1, 0.15) is 26.7 Å². The molecule has 0 radical (unpaired) electrons. The third-order valence-corrected chi connectivity index (χ3v) is 3.86. The van der Waals surface area contributed by atoms with Gasteiger partial charge in [-0.1, -0.05) is 18.6 Å². The summed E-state index contributed by atoms with van der Waals surface area (Å²) in [5, 5.41) is 13.4. The zero-order chi connectivity index (χ0) is 11.1. The second-order valence-electron chi connectivity index (χ2n) is 3.88. The van der Waals surface area contributed by atoms with Crippen LogP contribution < -0.4 is 5.32 Å². The molecular weight excluding hydrogens is 206 g/mol. The first-order chi connectivity index (χ1) is 7.24. The van der Waals surface area contributed by atoms with Crippen LogP contribution in [-0.4, -0.2) is 29.2 Å². The average molecular weight is 227 g/mol. The minimum Gasteiger partial charge on any atom is -0.512 e. The molecule has 15 heavy (non-hydrogen) atoms. The van der Waals surface area contributed by atoms with E-state index in [1.165, 1.54) is 11.3 Å². The molecule has 86 valence electrons. The third-order valence-electron chi connectivity index (χ3n) is 2.48. The number of thioether (sulfide) groups is 1. The predicted molar refractivity (Wildman–Crippen MR) is 68.5 cm³/mol. The van der Waals surface area contributed by atoms with Gasteiger partial charge in [0, 0.05) is 30.5 Å². The maximum atomic E-state index is 9.49. The van der Waals surface area contributed by atoms with Gasteiger partial charge in [-0.2, -0.15) is 11.8 Å². The Hall–Kier alpha value is -0.410. The summed E-state index contributed by atoms with van der Waals surface area (Å²) < 4.78 is 0. The lowest BCUT2D eigenvalue weighted by Gasteiger charge is -2.22. The first-order valence-electron chi connectivity index (χ1n) is 5.62. The van der Waals surface area contributed by atoms with E-state index in [1.54, 1.807) is 0 Å². The van der Waals surface area contributed by atoms with Crippen LogP contribution in [0.25, 0.3) is 0 Å². The highest BCUT2D eigenvalue weighted by molar-refractivity contribution is 8.00. The fourth-order valence-corrected chi connectivity index (χ4v) is 2.66. The quantitative estimate of drug-likeness (QED) is 0.572. The van der Waals surface area contributed by atoms with Gasteiger partial charge in [-0.05, 0) is 19.4 Å². The normalized spacial score (nSPS) is 24.3. The Labute approximate surface area is 96.8 Å². The van der Waals surface area contributed by atoms with Crippen LogP contribution in [0.3, 0.4) is 0 Å². The van der Waals surface area contributed by atoms with Gasteiger partial charge >= 0.3 is 0 Å². The van der Waals surface area contributed by atoms with E-state index in [0.717, 1.165) is 25.9 Å². The Morgan fingerprint density at radius 2 is 2.33 bits per heavy atom. The van der Waals surface area contributed by atoms with Gasteiger partial charge in [0.15, 0.2) is 0 Å². The van der Waals surface area contributed by atoms with Gasteiger partial charge in [0.05, 0.1) is 5.76 Å². The molecule has 0 aromatic carbocycles. The number of rotatable bonds is 4. The average Bonchev–Trinajstić information content (AvgIpc) is 2.27. The number of aliphatic hydroxyl groups is 1. The minimum atomic E-state index is 0.491. The summed E-state index contributed by atoms with van der Waals surface area (Å²) in [5.74, 6) is 1.67. The molecule has 0 aliphatic carbocycles. The van der Waals surface area contributed by atoms with E-state index < -0.39 is 0 Å². The maximum absolute atomic E-state index is 9.49. The van der Waals surface area contributed by atoms with E-state index in [-0.39, 0.29) is 0 Å². The number of nitrogens with one attached hydrogen (secondary N) is 1. The van der Waals surface area contributed by atoms with E-state index in [9.17, 15) is 5.11 Å². The summed E-state index contributed by atoms with van der Waals surface area (Å²) in [6, 6.07) is 0. The molecule has 2 nitrogen and oxygen atoms in total. The number of aliphatic hydroxyl groups excluding tert-OH is 1. The van der Waals surface area contributed by atoms with Gasteiger partial charge in [-0.15, -0.1) is 0 Å². The lowest BCUT2D eigenvalue weighted by Crippen LogP contribution is -2.33. The Bertz CT molecular complexity index is 242. The Morgan fingerprint density at radius 3 is 2.93 bits per heavy atom. The molecule has 1 rings (SSSR count). The zero-order valence-corrected chi connectivity index (χ0v) is 10.4. The summed E-state index contributed by atoms with van der Waals surface area (Å²) in [5.41, 5.74) is 1.34. The van der Waals surface area contributed by atoms with Crippen molar-refractivity contribution in [3.8, 4) is 0 Å². The maximum Gasteiger partial charge on any atom is 0.0922 e. The molecule has 1 heterocycles. The first kappa shape index (κ1) is 12.7. The smallest absolute Gasteiger partial charge is 0.0922 e. The molecule has 0 saturated carbocycles. The molecule has 1 atom stereocenters.